The maximum absolute atomic E-state index is 12.7. The Morgan fingerprint density at radius 1 is 1.08 bits per heavy atom. The zero-order valence-electron chi connectivity index (χ0n) is 14.1. The third-order valence-corrected chi connectivity index (χ3v) is 6.70. The van der Waals surface area contributed by atoms with Crippen LogP contribution in [-0.2, 0) is 23.6 Å². The standard InChI is InChI=1S/C16H19N2O5PS/c1-18(25(20,21)16-10-6-7-12-17-16)15-9-5-4-8-14(15)11-13-24(19,22-2)23-3/h4-13H,1-3H3/b13-11+. The van der Waals surface area contributed by atoms with Crippen LogP contribution in [0.25, 0.3) is 6.08 Å². The summed E-state index contributed by atoms with van der Waals surface area (Å²) in [6, 6.07) is 11.5. The maximum Gasteiger partial charge on any atom is 0.353 e. The minimum atomic E-state index is -3.82. The number of aromatic nitrogens is 1. The molecule has 0 bridgehead atoms. The third kappa shape index (κ3) is 4.35. The molecule has 134 valence electrons. The lowest BCUT2D eigenvalue weighted by molar-refractivity contribution is 0.286. The van der Waals surface area contributed by atoms with Crippen molar-refractivity contribution in [2.75, 3.05) is 25.6 Å². The summed E-state index contributed by atoms with van der Waals surface area (Å²) in [4.78, 5) is 3.91. The molecular weight excluding hydrogens is 363 g/mol. The molecule has 0 atom stereocenters. The molecule has 2 aromatic rings. The van der Waals surface area contributed by atoms with Gasteiger partial charge in [-0.05, 0) is 29.8 Å². The minimum Gasteiger partial charge on any atom is -0.309 e. The van der Waals surface area contributed by atoms with Crippen molar-refractivity contribution in [3.8, 4) is 0 Å². The average Bonchev–Trinajstić information content (AvgIpc) is 2.66. The Labute approximate surface area is 147 Å². The molecule has 0 unspecified atom stereocenters. The first kappa shape index (κ1) is 19.3. The molecule has 0 N–H and O–H groups in total. The van der Waals surface area contributed by atoms with Gasteiger partial charge in [-0.25, -0.2) is 4.98 Å². The fourth-order valence-corrected chi connectivity index (χ4v) is 3.94. The smallest absolute Gasteiger partial charge is 0.309 e. The van der Waals surface area contributed by atoms with Crippen LogP contribution in [0, 0.1) is 0 Å². The van der Waals surface area contributed by atoms with Crippen LogP contribution in [0.15, 0.2) is 59.5 Å². The van der Waals surface area contributed by atoms with E-state index >= 15 is 0 Å². The lowest BCUT2D eigenvalue weighted by Crippen LogP contribution is -2.27. The molecule has 1 heterocycles. The third-order valence-electron chi connectivity index (χ3n) is 3.48. The van der Waals surface area contributed by atoms with E-state index in [0.29, 0.717) is 11.3 Å². The van der Waals surface area contributed by atoms with Crippen LogP contribution >= 0.6 is 7.60 Å². The van der Waals surface area contributed by atoms with Crippen molar-refractivity contribution >= 4 is 29.4 Å². The summed E-state index contributed by atoms with van der Waals surface area (Å²) in [7, 11) is -3.19. The van der Waals surface area contributed by atoms with Crippen molar-refractivity contribution in [3.63, 3.8) is 0 Å². The zero-order valence-corrected chi connectivity index (χ0v) is 15.8. The molecule has 7 nitrogen and oxygen atoms in total. The van der Waals surface area contributed by atoms with E-state index in [9.17, 15) is 13.0 Å². The van der Waals surface area contributed by atoms with E-state index in [-0.39, 0.29) is 5.03 Å². The minimum absolute atomic E-state index is 0.0595. The van der Waals surface area contributed by atoms with Crippen LogP contribution in [-0.4, -0.2) is 34.7 Å². The van der Waals surface area contributed by atoms with Gasteiger partial charge in [-0.2, -0.15) is 8.42 Å². The number of hydrogen-bond acceptors (Lipinski definition) is 6. The number of hydrogen-bond donors (Lipinski definition) is 0. The highest BCUT2D eigenvalue weighted by Gasteiger charge is 2.24. The van der Waals surface area contributed by atoms with Crippen LogP contribution in [0.4, 0.5) is 5.69 Å². The second-order valence-corrected chi connectivity index (χ2v) is 8.94. The van der Waals surface area contributed by atoms with E-state index in [1.54, 1.807) is 36.4 Å². The quantitative estimate of drug-likeness (QED) is 0.683. The van der Waals surface area contributed by atoms with Gasteiger partial charge in [0, 0.05) is 33.3 Å². The molecule has 1 aromatic heterocycles. The van der Waals surface area contributed by atoms with Gasteiger partial charge in [0.1, 0.15) is 0 Å². The zero-order chi connectivity index (χ0) is 18.5. The summed E-state index contributed by atoms with van der Waals surface area (Å²) < 4.78 is 48.4. The summed E-state index contributed by atoms with van der Waals surface area (Å²) in [5, 5.41) is -0.0595. The first-order valence-corrected chi connectivity index (χ1v) is 10.3. The first-order valence-electron chi connectivity index (χ1n) is 7.23. The highest BCUT2D eigenvalue weighted by Crippen LogP contribution is 2.48. The van der Waals surface area contributed by atoms with Gasteiger partial charge in [-0.1, -0.05) is 24.3 Å². The topological polar surface area (TPSA) is 85.8 Å². The highest BCUT2D eigenvalue weighted by atomic mass is 32.2. The second kappa shape index (κ2) is 7.93. The lowest BCUT2D eigenvalue weighted by Gasteiger charge is -2.21. The van der Waals surface area contributed by atoms with E-state index in [1.807, 2.05) is 0 Å². The Hall–Kier alpha value is -1.99. The fraction of sp³-hybridized carbons (Fsp3) is 0.188. The molecule has 9 heteroatoms. The molecule has 0 aliphatic rings. The Balaban J connectivity index is 2.44. The molecule has 0 saturated heterocycles. The molecule has 0 saturated carbocycles. The molecule has 1 aromatic carbocycles. The van der Waals surface area contributed by atoms with Crippen LogP contribution in [0.2, 0.25) is 0 Å². The number of sulfonamides is 1. The number of rotatable bonds is 7. The normalized spacial score (nSPS) is 12.4. The molecular formula is C16H19N2O5PS. The molecule has 2 rings (SSSR count). The molecule has 0 fully saturated rings. The van der Waals surface area contributed by atoms with Crippen molar-refractivity contribution in [2.24, 2.45) is 0 Å². The van der Waals surface area contributed by atoms with Crippen molar-refractivity contribution < 1.29 is 22.0 Å². The summed E-state index contributed by atoms with van der Waals surface area (Å²) in [6.45, 7) is 0. The summed E-state index contributed by atoms with van der Waals surface area (Å²) >= 11 is 0. The number of anilines is 1. The van der Waals surface area contributed by atoms with Gasteiger partial charge in [0.2, 0.25) is 0 Å². The molecule has 25 heavy (non-hydrogen) atoms. The van der Waals surface area contributed by atoms with Crippen LogP contribution in [0.1, 0.15) is 5.56 Å². The molecule has 0 aliphatic heterocycles. The monoisotopic (exact) mass is 382 g/mol. The molecule has 0 amide bonds. The maximum atomic E-state index is 12.7. The van der Waals surface area contributed by atoms with Gasteiger partial charge in [-0.15, -0.1) is 0 Å². The number of pyridine rings is 1. The van der Waals surface area contributed by atoms with Crippen molar-refractivity contribution in [1.82, 2.24) is 4.98 Å². The summed E-state index contributed by atoms with van der Waals surface area (Å²) in [5.41, 5.74) is 0.946. The molecule has 0 radical (unpaired) electrons. The second-order valence-electron chi connectivity index (χ2n) is 4.92. The average molecular weight is 382 g/mol. The van der Waals surface area contributed by atoms with E-state index in [0.717, 1.165) is 4.31 Å². The largest absolute Gasteiger partial charge is 0.353 e. The van der Waals surface area contributed by atoms with Crippen LogP contribution in [0.3, 0.4) is 0 Å². The predicted octanol–water partition coefficient (Wildman–Crippen LogP) is 3.36. The van der Waals surface area contributed by atoms with E-state index < -0.39 is 17.6 Å². The highest BCUT2D eigenvalue weighted by molar-refractivity contribution is 7.92. The lowest BCUT2D eigenvalue weighted by atomic mass is 10.2. The predicted molar refractivity (Wildman–Crippen MR) is 96.9 cm³/mol. The summed E-state index contributed by atoms with van der Waals surface area (Å²) in [6.07, 6.45) is 2.92. The first-order chi connectivity index (χ1) is 11.8. The Morgan fingerprint density at radius 2 is 1.72 bits per heavy atom. The van der Waals surface area contributed by atoms with E-state index in [4.69, 9.17) is 9.05 Å². The van der Waals surface area contributed by atoms with E-state index in [1.165, 1.54) is 45.4 Å². The SMILES string of the molecule is COP(=O)(/C=C/c1ccccc1N(C)S(=O)(=O)c1ccccn1)OC. The fourth-order valence-electron chi connectivity index (χ4n) is 2.05. The van der Waals surface area contributed by atoms with Crippen molar-refractivity contribution in [3.05, 3.63) is 60.0 Å². The number of para-hydroxylation sites is 1. The summed E-state index contributed by atoms with van der Waals surface area (Å²) in [5.74, 6) is 1.28. The van der Waals surface area contributed by atoms with Gasteiger partial charge < -0.3 is 9.05 Å². The molecule has 0 aliphatic carbocycles. The van der Waals surface area contributed by atoms with Gasteiger partial charge in [0.25, 0.3) is 10.0 Å². The molecule has 0 spiro atoms. The Kier molecular flexibility index (Phi) is 6.13. The van der Waals surface area contributed by atoms with Gasteiger partial charge >= 0.3 is 7.60 Å². The van der Waals surface area contributed by atoms with Crippen molar-refractivity contribution in [1.29, 1.82) is 0 Å². The van der Waals surface area contributed by atoms with Gasteiger partial charge in [0.05, 0.1) is 5.69 Å². The number of benzene rings is 1. The van der Waals surface area contributed by atoms with Gasteiger partial charge in [-0.3, -0.25) is 8.87 Å². The van der Waals surface area contributed by atoms with Crippen molar-refractivity contribution in [2.45, 2.75) is 5.03 Å². The Morgan fingerprint density at radius 3 is 2.32 bits per heavy atom. The Bertz CT molecular complexity index is 892. The van der Waals surface area contributed by atoms with E-state index in [2.05, 4.69) is 4.98 Å². The van der Waals surface area contributed by atoms with Gasteiger partial charge in [0.15, 0.2) is 5.03 Å². The number of nitrogens with zero attached hydrogens (tertiary/aromatic N) is 2. The van der Waals surface area contributed by atoms with Crippen LogP contribution in [0.5, 0.6) is 0 Å². The van der Waals surface area contributed by atoms with Crippen LogP contribution < -0.4 is 4.31 Å².